The summed E-state index contributed by atoms with van der Waals surface area (Å²) in [4.78, 5) is 23.3. The molecule has 2 aliphatic heterocycles. The second kappa shape index (κ2) is 8.67. The Hall–Kier alpha value is -3.19. The van der Waals surface area contributed by atoms with Crippen LogP contribution < -0.4 is 4.74 Å². The maximum atomic E-state index is 12.2. The number of carbonyl (C=O) groups is 2. The average molecular weight is 408 g/mol. The van der Waals surface area contributed by atoms with Gasteiger partial charge in [0.1, 0.15) is 5.75 Å². The first-order valence-electron chi connectivity index (χ1n) is 10.0. The number of benzene rings is 2. The van der Waals surface area contributed by atoms with Crippen LogP contribution in [-0.2, 0) is 11.2 Å². The first-order chi connectivity index (χ1) is 14.5. The lowest BCUT2D eigenvalue weighted by Crippen LogP contribution is -2.32. The molecule has 2 fully saturated rings. The SMILES string of the molecule is CN(N=C[C@@H]1[C@@H](Cc2ccc(C(=O)O)cc2)[C@H]2CC[C@@H]1O2)C(=O)Oc1ccccc1. The monoisotopic (exact) mass is 408 g/mol. The number of nitrogens with zero attached hydrogens (tertiary/aromatic N) is 2. The third-order valence-corrected chi connectivity index (χ3v) is 5.78. The minimum absolute atomic E-state index is 0.0925. The zero-order valence-electron chi connectivity index (χ0n) is 16.7. The van der Waals surface area contributed by atoms with Gasteiger partial charge in [0.25, 0.3) is 0 Å². The van der Waals surface area contributed by atoms with Crippen LogP contribution in [-0.4, -0.2) is 47.6 Å². The number of ether oxygens (including phenoxy) is 2. The maximum absolute atomic E-state index is 12.2. The van der Waals surface area contributed by atoms with Crippen molar-refractivity contribution in [2.24, 2.45) is 16.9 Å². The van der Waals surface area contributed by atoms with Gasteiger partial charge in [0, 0.05) is 19.2 Å². The van der Waals surface area contributed by atoms with E-state index >= 15 is 0 Å². The molecule has 2 saturated heterocycles. The summed E-state index contributed by atoms with van der Waals surface area (Å²) in [6, 6.07) is 15.8. The van der Waals surface area contributed by atoms with Crippen molar-refractivity contribution < 1.29 is 24.2 Å². The highest BCUT2D eigenvalue weighted by molar-refractivity contribution is 5.87. The minimum Gasteiger partial charge on any atom is -0.478 e. The molecule has 2 aliphatic rings. The fourth-order valence-corrected chi connectivity index (χ4v) is 4.22. The van der Waals surface area contributed by atoms with Gasteiger partial charge < -0.3 is 14.6 Å². The summed E-state index contributed by atoms with van der Waals surface area (Å²) in [6.07, 6.45) is 4.27. The molecule has 1 N–H and O–H groups in total. The zero-order valence-corrected chi connectivity index (χ0v) is 16.7. The van der Waals surface area contributed by atoms with Crippen LogP contribution >= 0.6 is 0 Å². The lowest BCUT2D eigenvalue weighted by molar-refractivity contribution is 0.0696. The van der Waals surface area contributed by atoms with Crippen LogP contribution in [0.2, 0.25) is 0 Å². The molecule has 30 heavy (non-hydrogen) atoms. The molecule has 7 nitrogen and oxygen atoms in total. The highest BCUT2D eigenvalue weighted by Gasteiger charge is 2.48. The minimum atomic E-state index is -0.930. The molecule has 1 amide bonds. The number of carbonyl (C=O) groups excluding carboxylic acids is 1. The van der Waals surface area contributed by atoms with Crippen molar-refractivity contribution in [3.63, 3.8) is 0 Å². The van der Waals surface area contributed by atoms with Gasteiger partial charge in [-0.3, -0.25) is 0 Å². The van der Waals surface area contributed by atoms with Gasteiger partial charge in [0.2, 0.25) is 0 Å². The molecular formula is C23H24N2O5. The van der Waals surface area contributed by atoms with Gasteiger partial charge in [-0.2, -0.15) is 5.10 Å². The van der Waals surface area contributed by atoms with E-state index in [4.69, 9.17) is 14.6 Å². The fraction of sp³-hybridized carbons (Fsp3) is 0.348. The van der Waals surface area contributed by atoms with E-state index in [0.29, 0.717) is 5.75 Å². The van der Waals surface area contributed by atoms with Gasteiger partial charge >= 0.3 is 12.1 Å². The molecule has 2 bridgehead atoms. The summed E-state index contributed by atoms with van der Waals surface area (Å²) in [5.74, 6) is -0.132. The molecule has 0 radical (unpaired) electrons. The van der Waals surface area contributed by atoms with Crippen molar-refractivity contribution >= 4 is 18.3 Å². The zero-order chi connectivity index (χ0) is 21.1. The Bertz CT molecular complexity index is 928. The van der Waals surface area contributed by atoms with Crippen molar-refractivity contribution in [1.82, 2.24) is 5.01 Å². The summed E-state index contributed by atoms with van der Waals surface area (Å²) in [5.41, 5.74) is 1.34. The van der Waals surface area contributed by atoms with E-state index < -0.39 is 12.1 Å². The predicted molar refractivity (Wildman–Crippen MR) is 111 cm³/mol. The number of fused-ring (bicyclic) bond motifs is 2. The first-order valence-corrected chi connectivity index (χ1v) is 10.0. The third kappa shape index (κ3) is 4.36. The Balaban J connectivity index is 1.41. The van der Waals surface area contributed by atoms with E-state index in [1.54, 1.807) is 49.7 Å². The van der Waals surface area contributed by atoms with E-state index in [9.17, 15) is 9.59 Å². The standard InChI is InChI=1S/C23H24N2O5/c1-25(23(28)29-17-5-3-2-4-6-17)24-14-19-18(20-11-12-21(19)30-20)13-15-7-9-16(10-8-15)22(26)27/h2-10,14,18-21H,11-13H2,1H3,(H,26,27)/t18-,19-,20-,21+/m1/s1. The summed E-state index contributed by atoms with van der Waals surface area (Å²) >= 11 is 0. The predicted octanol–water partition coefficient (Wildman–Crippen LogP) is 3.84. The van der Waals surface area contributed by atoms with E-state index in [-0.39, 0.29) is 29.6 Å². The van der Waals surface area contributed by atoms with Crippen LogP contribution in [0.15, 0.2) is 59.7 Å². The lowest BCUT2D eigenvalue weighted by atomic mass is 9.77. The van der Waals surface area contributed by atoms with Gasteiger partial charge in [-0.15, -0.1) is 0 Å². The molecule has 7 heteroatoms. The fourth-order valence-electron chi connectivity index (χ4n) is 4.22. The highest BCUT2D eigenvalue weighted by atomic mass is 16.6. The smallest absolute Gasteiger partial charge is 0.435 e. The second-order valence-corrected chi connectivity index (χ2v) is 7.71. The molecule has 2 aromatic carbocycles. The van der Waals surface area contributed by atoms with Crippen molar-refractivity contribution in [1.29, 1.82) is 0 Å². The number of hydrazone groups is 1. The summed E-state index contributed by atoms with van der Waals surface area (Å²) in [6.45, 7) is 0. The van der Waals surface area contributed by atoms with Gasteiger partial charge in [0.05, 0.1) is 17.8 Å². The van der Waals surface area contributed by atoms with E-state index in [1.807, 2.05) is 18.2 Å². The van der Waals surface area contributed by atoms with Crippen molar-refractivity contribution in [2.75, 3.05) is 7.05 Å². The molecule has 4 atom stereocenters. The number of hydrogen-bond acceptors (Lipinski definition) is 5. The van der Waals surface area contributed by atoms with E-state index in [2.05, 4.69) is 5.10 Å². The molecule has 2 aromatic rings. The summed E-state index contributed by atoms with van der Waals surface area (Å²) < 4.78 is 11.4. The first kappa shape index (κ1) is 20.1. The van der Waals surface area contributed by atoms with Crippen molar-refractivity contribution in [3.8, 4) is 5.75 Å². The van der Waals surface area contributed by atoms with Gasteiger partial charge in [-0.25, -0.2) is 14.6 Å². The average Bonchev–Trinajstić information content (AvgIpc) is 3.35. The quantitative estimate of drug-likeness (QED) is 0.580. The van der Waals surface area contributed by atoms with Crippen LogP contribution in [0, 0.1) is 11.8 Å². The Labute approximate surface area is 174 Å². The topological polar surface area (TPSA) is 88.4 Å². The largest absolute Gasteiger partial charge is 0.478 e. The van der Waals surface area contributed by atoms with Gasteiger partial charge in [0.15, 0.2) is 0 Å². The van der Waals surface area contributed by atoms with Gasteiger partial charge in [-0.1, -0.05) is 30.3 Å². The Kier molecular flexibility index (Phi) is 5.81. The molecule has 0 aliphatic carbocycles. The Morgan fingerprint density at radius 2 is 1.83 bits per heavy atom. The third-order valence-electron chi connectivity index (χ3n) is 5.78. The highest BCUT2D eigenvalue weighted by Crippen LogP contribution is 2.44. The van der Waals surface area contributed by atoms with E-state index in [0.717, 1.165) is 24.8 Å². The van der Waals surface area contributed by atoms with Crippen LogP contribution in [0.4, 0.5) is 4.79 Å². The van der Waals surface area contributed by atoms with E-state index in [1.165, 1.54) is 5.01 Å². The van der Waals surface area contributed by atoms with Crippen molar-refractivity contribution in [2.45, 2.75) is 31.5 Å². The van der Waals surface area contributed by atoms with Crippen LogP contribution in [0.25, 0.3) is 0 Å². The molecule has 2 heterocycles. The lowest BCUT2D eigenvalue weighted by Gasteiger charge is -2.25. The number of para-hydroxylation sites is 1. The molecule has 0 unspecified atom stereocenters. The summed E-state index contributed by atoms with van der Waals surface area (Å²) in [7, 11) is 1.56. The molecular weight excluding hydrogens is 384 g/mol. The molecule has 0 saturated carbocycles. The van der Waals surface area contributed by atoms with Crippen LogP contribution in [0.5, 0.6) is 5.75 Å². The molecule has 4 rings (SSSR count). The number of hydrogen-bond donors (Lipinski definition) is 1. The molecule has 0 aromatic heterocycles. The summed E-state index contributed by atoms with van der Waals surface area (Å²) in [5, 5.41) is 14.6. The number of amides is 1. The Morgan fingerprint density at radius 1 is 1.13 bits per heavy atom. The second-order valence-electron chi connectivity index (χ2n) is 7.71. The van der Waals surface area contributed by atoms with Crippen LogP contribution in [0.3, 0.4) is 0 Å². The van der Waals surface area contributed by atoms with Crippen LogP contribution in [0.1, 0.15) is 28.8 Å². The molecule has 156 valence electrons. The number of carboxylic acids is 1. The molecule has 0 spiro atoms. The Morgan fingerprint density at radius 3 is 2.53 bits per heavy atom. The number of rotatable bonds is 6. The van der Waals surface area contributed by atoms with Crippen molar-refractivity contribution in [3.05, 3.63) is 65.7 Å². The maximum Gasteiger partial charge on any atom is 0.435 e. The number of aromatic carboxylic acids is 1. The number of carboxylic acid groups (broad SMARTS) is 1. The normalized spacial score (nSPS) is 24.8. The van der Waals surface area contributed by atoms with Gasteiger partial charge in [-0.05, 0) is 55.0 Å².